The van der Waals surface area contributed by atoms with Crippen molar-refractivity contribution in [2.45, 2.75) is 0 Å². The molecular weight excluding hydrogens is 510 g/mol. The molecule has 41 heavy (non-hydrogen) atoms. The van der Waals surface area contributed by atoms with E-state index < -0.39 is 28.7 Å². The summed E-state index contributed by atoms with van der Waals surface area (Å²) in [6.45, 7) is 0. The lowest BCUT2D eigenvalue weighted by atomic mass is 9.85. The molecule has 5 nitrogen and oxygen atoms in total. The molecule has 0 aliphatic rings. The van der Waals surface area contributed by atoms with Crippen LogP contribution in [0.15, 0.2) is 115 Å². The largest absolute Gasteiger partial charge is 0.505 e. The van der Waals surface area contributed by atoms with Gasteiger partial charge in [0.2, 0.25) is 5.75 Å². The molecule has 0 heterocycles. The first kappa shape index (κ1) is 24.4. The molecule has 0 spiro atoms. The van der Waals surface area contributed by atoms with Gasteiger partial charge in [-0.3, -0.25) is 0 Å². The number of fused-ring (bicyclic) bond motifs is 3. The van der Waals surface area contributed by atoms with Crippen LogP contribution in [0.5, 0.6) is 23.0 Å². The van der Waals surface area contributed by atoms with Gasteiger partial charge in [-0.05, 0) is 54.6 Å². The second-order valence-corrected chi connectivity index (χ2v) is 10.1. The Morgan fingerprint density at radius 2 is 0.854 bits per heavy atom. The number of hydrogen-bond acceptors (Lipinski definition) is 5. The van der Waals surface area contributed by atoms with Crippen molar-refractivity contribution in [3.05, 3.63) is 115 Å². The molecule has 0 unspecified atom stereocenters. The number of hydrogen-bond donors (Lipinski definition) is 5. The van der Waals surface area contributed by atoms with Crippen molar-refractivity contribution < 1.29 is 20.4 Å². The third-order valence-electron chi connectivity index (χ3n) is 7.89. The molecule has 0 fully saturated rings. The quantitative estimate of drug-likeness (QED) is 0.0674. The fourth-order valence-corrected chi connectivity index (χ4v) is 5.96. The zero-order valence-corrected chi connectivity index (χ0v) is 21.8. The van der Waals surface area contributed by atoms with E-state index in [0.29, 0.717) is 5.56 Å². The lowest BCUT2D eigenvalue weighted by molar-refractivity contribution is 0.364. The molecule has 6 N–H and O–H groups in total. The van der Waals surface area contributed by atoms with E-state index in [0.717, 1.165) is 43.8 Å². The third kappa shape index (κ3) is 3.63. The standard InChI is InChI=1S/C36H25NO4/c37-32-33(38)31(34(39)36(41)35(32)40)30-27-13-5-3-11-25(27)29(26-12-4-6-14-28(26)30)22-18-16-21(17-19-22)24-15-7-9-20-8-1-2-10-23(20)24/h1-19,38-41H,37H2. The van der Waals surface area contributed by atoms with E-state index in [4.69, 9.17) is 5.73 Å². The van der Waals surface area contributed by atoms with E-state index in [1.165, 1.54) is 10.8 Å². The van der Waals surface area contributed by atoms with Gasteiger partial charge in [0.1, 0.15) is 5.69 Å². The highest BCUT2D eigenvalue weighted by Crippen LogP contribution is 2.56. The van der Waals surface area contributed by atoms with Gasteiger partial charge >= 0.3 is 0 Å². The fraction of sp³-hybridized carbons (Fsp3) is 0. The molecule has 0 radical (unpaired) electrons. The Morgan fingerprint density at radius 1 is 0.366 bits per heavy atom. The van der Waals surface area contributed by atoms with Crippen LogP contribution in [0.3, 0.4) is 0 Å². The molecule has 0 atom stereocenters. The summed E-state index contributed by atoms with van der Waals surface area (Å²) in [5, 5.41) is 48.1. The van der Waals surface area contributed by atoms with Gasteiger partial charge in [-0.1, -0.05) is 115 Å². The van der Waals surface area contributed by atoms with Gasteiger partial charge < -0.3 is 26.2 Å². The lowest BCUT2D eigenvalue weighted by Crippen LogP contribution is -1.95. The molecular formula is C36H25NO4. The third-order valence-corrected chi connectivity index (χ3v) is 7.89. The van der Waals surface area contributed by atoms with E-state index >= 15 is 0 Å². The number of nitrogens with two attached hydrogens (primary N) is 1. The van der Waals surface area contributed by atoms with Crippen molar-refractivity contribution in [2.75, 3.05) is 5.73 Å². The molecule has 0 aromatic heterocycles. The average Bonchev–Trinajstić information content (AvgIpc) is 3.02. The highest BCUT2D eigenvalue weighted by molar-refractivity contribution is 6.23. The van der Waals surface area contributed by atoms with Gasteiger partial charge in [0, 0.05) is 5.56 Å². The highest BCUT2D eigenvalue weighted by Gasteiger charge is 2.27. The maximum Gasteiger partial charge on any atom is 0.203 e. The first-order valence-corrected chi connectivity index (χ1v) is 13.2. The summed E-state index contributed by atoms with van der Waals surface area (Å²) in [6, 6.07) is 38.6. The molecule has 198 valence electrons. The maximum atomic E-state index is 11.0. The molecule has 0 aliphatic carbocycles. The Balaban J connectivity index is 1.51. The van der Waals surface area contributed by atoms with Crippen LogP contribution in [0.2, 0.25) is 0 Å². The predicted octanol–water partition coefficient (Wildman–Crippen LogP) is 8.55. The molecule has 7 aromatic carbocycles. The number of aromatic hydroxyl groups is 4. The topological polar surface area (TPSA) is 107 Å². The van der Waals surface area contributed by atoms with Crippen LogP contribution in [0.25, 0.3) is 65.7 Å². The number of benzene rings is 7. The smallest absolute Gasteiger partial charge is 0.203 e. The lowest BCUT2D eigenvalue weighted by Gasteiger charge is -2.20. The predicted molar refractivity (Wildman–Crippen MR) is 166 cm³/mol. The van der Waals surface area contributed by atoms with E-state index in [1.54, 1.807) is 0 Å². The molecule has 5 heteroatoms. The van der Waals surface area contributed by atoms with E-state index in [1.807, 2.05) is 54.6 Å². The molecule has 0 amide bonds. The molecule has 7 aromatic rings. The Labute approximate surface area is 235 Å². The number of anilines is 1. The van der Waals surface area contributed by atoms with Crippen LogP contribution in [-0.2, 0) is 0 Å². The Bertz CT molecular complexity index is 2060. The zero-order valence-electron chi connectivity index (χ0n) is 21.8. The summed E-state index contributed by atoms with van der Waals surface area (Å²) < 4.78 is 0. The number of rotatable bonds is 3. The van der Waals surface area contributed by atoms with Crippen LogP contribution < -0.4 is 5.73 Å². The van der Waals surface area contributed by atoms with Crippen molar-refractivity contribution >= 4 is 38.0 Å². The van der Waals surface area contributed by atoms with Crippen molar-refractivity contribution in [1.82, 2.24) is 0 Å². The van der Waals surface area contributed by atoms with E-state index in [9.17, 15) is 20.4 Å². The van der Waals surface area contributed by atoms with Crippen LogP contribution in [0, 0.1) is 0 Å². The fourth-order valence-electron chi connectivity index (χ4n) is 5.96. The van der Waals surface area contributed by atoms with Crippen LogP contribution in [0.1, 0.15) is 0 Å². The van der Waals surface area contributed by atoms with Crippen molar-refractivity contribution in [1.29, 1.82) is 0 Å². The van der Waals surface area contributed by atoms with Crippen LogP contribution in [0.4, 0.5) is 5.69 Å². The first-order chi connectivity index (χ1) is 20.0. The average molecular weight is 536 g/mol. The molecule has 0 aliphatic heterocycles. The Kier molecular flexibility index (Phi) is 5.47. The van der Waals surface area contributed by atoms with Crippen LogP contribution >= 0.6 is 0 Å². The van der Waals surface area contributed by atoms with Crippen LogP contribution in [-0.4, -0.2) is 20.4 Å². The summed E-state index contributed by atoms with van der Waals surface area (Å²) in [5.74, 6) is -2.69. The van der Waals surface area contributed by atoms with E-state index in [2.05, 4.69) is 60.7 Å². The first-order valence-electron chi connectivity index (χ1n) is 13.2. The van der Waals surface area contributed by atoms with E-state index in [-0.39, 0.29) is 5.56 Å². The number of phenols is 4. The minimum absolute atomic E-state index is 0.0388. The van der Waals surface area contributed by atoms with Gasteiger partial charge in [0.05, 0.1) is 5.56 Å². The molecule has 0 bridgehead atoms. The number of nitrogen functional groups attached to an aromatic ring is 1. The SMILES string of the molecule is Nc1c(O)c(O)c(O)c(-c2c3ccccc3c(-c3ccc(-c4cccc5ccccc45)cc3)c3ccccc23)c1O. The second-order valence-electron chi connectivity index (χ2n) is 10.1. The molecule has 0 saturated carbocycles. The summed E-state index contributed by atoms with van der Waals surface area (Å²) in [6.07, 6.45) is 0. The highest BCUT2D eigenvalue weighted by atomic mass is 16.3. The number of phenolic OH excluding ortho intramolecular Hbond substituents is 4. The normalized spacial score (nSPS) is 11.4. The Morgan fingerprint density at radius 3 is 1.46 bits per heavy atom. The van der Waals surface area contributed by atoms with Crippen molar-refractivity contribution in [3.63, 3.8) is 0 Å². The minimum Gasteiger partial charge on any atom is -0.505 e. The minimum atomic E-state index is -0.781. The second kappa shape index (κ2) is 9.21. The maximum absolute atomic E-state index is 11.0. The Hall–Kier alpha value is -5.68. The summed E-state index contributed by atoms with van der Waals surface area (Å²) in [4.78, 5) is 0. The van der Waals surface area contributed by atoms with Gasteiger partial charge in [-0.25, -0.2) is 0 Å². The summed E-state index contributed by atoms with van der Waals surface area (Å²) in [5.41, 5.74) is 10.3. The zero-order chi connectivity index (χ0) is 28.2. The monoisotopic (exact) mass is 535 g/mol. The summed E-state index contributed by atoms with van der Waals surface area (Å²) in [7, 11) is 0. The summed E-state index contributed by atoms with van der Waals surface area (Å²) >= 11 is 0. The molecule has 0 saturated heterocycles. The van der Waals surface area contributed by atoms with Gasteiger partial charge in [0.25, 0.3) is 0 Å². The molecule has 7 rings (SSSR count). The van der Waals surface area contributed by atoms with Crippen molar-refractivity contribution in [2.24, 2.45) is 0 Å². The van der Waals surface area contributed by atoms with Gasteiger partial charge in [-0.2, -0.15) is 0 Å². The van der Waals surface area contributed by atoms with Gasteiger partial charge in [-0.15, -0.1) is 0 Å². The van der Waals surface area contributed by atoms with Gasteiger partial charge in [0.15, 0.2) is 17.2 Å². The van der Waals surface area contributed by atoms with Crippen molar-refractivity contribution in [3.8, 4) is 56.4 Å².